The average molecular weight is 389 g/mol. The van der Waals surface area contributed by atoms with Gasteiger partial charge in [-0.15, -0.1) is 0 Å². The second kappa shape index (κ2) is 8.10. The molecule has 0 aromatic rings. The van der Waals surface area contributed by atoms with Crippen LogP contribution < -0.4 is 5.73 Å². The number of carbonyl (C=O) groups is 1. The molecule has 150 valence electrons. The van der Waals surface area contributed by atoms with Crippen LogP contribution in [0.3, 0.4) is 0 Å². The number of amides is 1. The van der Waals surface area contributed by atoms with Crippen molar-refractivity contribution in [3.63, 3.8) is 0 Å². The van der Waals surface area contributed by atoms with Gasteiger partial charge in [0.25, 0.3) is 10.2 Å². The van der Waals surface area contributed by atoms with Crippen LogP contribution in [0.15, 0.2) is 0 Å². The fourth-order valence-electron chi connectivity index (χ4n) is 4.33. The Balaban J connectivity index is 1.56. The van der Waals surface area contributed by atoms with Crippen LogP contribution in [0, 0.1) is 5.92 Å². The minimum atomic E-state index is -3.50. The van der Waals surface area contributed by atoms with Gasteiger partial charge in [-0.25, -0.2) is 0 Å². The van der Waals surface area contributed by atoms with Crippen molar-refractivity contribution < 1.29 is 17.9 Å². The third-order valence-corrected chi connectivity index (χ3v) is 7.62. The monoisotopic (exact) mass is 388 g/mol. The van der Waals surface area contributed by atoms with Crippen LogP contribution >= 0.6 is 0 Å². The molecule has 3 rings (SSSR count). The van der Waals surface area contributed by atoms with Crippen molar-refractivity contribution in [3.8, 4) is 0 Å². The quantitative estimate of drug-likeness (QED) is 0.734. The highest BCUT2D eigenvalue weighted by Gasteiger charge is 2.38. The van der Waals surface area contributed by atoms with Gasteiger partial charge in [-0.3, -0.25) is 4.79 Å². The fraction of sp³-hybridized carbons (Fsp3) is 0.941. The molecular formula is C17H32N4O4S. The number of hydrogen-bond acceptors (Lipinski definition) is 5. The lowest BCUT2D eigenvalue weighted by atomic mass is 9.85. The molecule has 4 atom stereocenters. The molecule has 3 fully saturated rings. The van der Waals surface area contributed by atoms with Crippen molar-refractivity contribution in [3.05, 3.63) is 0 Å². The van der Waals surface area contributed by atoms with Crippen LogP contribution in [0.4, 0.5) is 0 Å². The van der Waals surface area contributed by atoms with Gasteiger partial charge in [0, 0.05) is 51.2 Å². The SMILES string of the molecule is CC1CN(S(=O)(=O)N2CCN(C(=O)C3CCCC(N)C3)CC2)CC(C)O1. The maximum absolute atomic E-state index is 12.9. The van der Waals surface area contributed by atoms with E-state index >= 15 is 0 Å². The van der Waals surface area contributed by atoms with E-state index in [1.807, 2.05) is 18.7 Å². The summed E-state index contributed by atoms with van der Waals surface area (Å²) in [6, 6.07) is 0.115. The van der Waals surface area contributed by atoms with Gasteiger partial charge in [0.1, 0.15) is 0 Å². The Morgan fingerprint density at radius 3 is 2.19 bits per heavy atom. The summed E-state index contributed by atoms with van der Waals surface area (Å²) in [6.07, 6.45) is 3.43. The zero-order valence-electron chi connectivity index (χ0n) is 15.8. The Kier molecular flexibility index (Phi) is 6.23. The summed E-state index contributed by atoms with van der Waals surface area (Å²) in [6.45, 7) is 6.17. The second-order valence-electron chi connectivity index (χ2n) is 7.93. The van der Waals surface area contributed by atoms with Crippen molar-refractivity contribution in [2.45, 2.75) is 57.8 Å². The van der Waals surface area contributed by atoms with E-state index < -0.39 is 10.2 Å². The molecule has 2 N–H and O–H groups in total. The number of nitrogens with two attached hydrogens (primary N) is 1. The Morgan fingerprint density at radius 2 is 1.62 bits per heavy atom. The molecule has 0 radical (unpaired) electrons. The molecule has 9 heteroatoms. The van der Waals surface area contributed by atoms with E-state index in [4.69, 9.17) is 10.5 Å². The van der Waals surface area contributed by atoms with Crippen molar-refractivity contribution >= 4 is 16.1 Å². The maximum Gasteiger partial charge on any atom is 0.282 e. The molecule has 2 heterocycles. The number of ether oxygens (including phenoxy) is 1. The molecular weight excluding hydrogens is 356 g/mol. The standard InChI is InChI=1S/C17H32N4O4S/c1-13-11-21(12-14(2)25-13)26(23,24)20-8-6-19(7-9-20)17(22)15-4-3-5-16(18)10-15/h13-16H,3-12,18H2,1-2H3. The van der Waals surface area contributed by atoms with Gasteiger partial charge in [0.2, 0.25) is 5.91 Å². The highest BCUT2D eigenvalue weighted by molar-refractivity contribution is 7.86. The Morgan fingerprint density at radius 1 is 1.00 bits per heavy atom. The maximum atomic E-state index is 12.9. The minimum absolute atomic E-state index is 0.00264. The van der Waals surface area contributed by atoms with E-state index in [9.17, 15) is 13.2 Å². The van der Waals surface area contributed by atoms with E-state index in [2.05, 4.69) is 0 Å². The summed E-state index contributed by atoms with van der Waals surface area (Å²) in [5, 5.41) is 0. The van der Waals surface area contributed by atoms with Crippen LogP contribution in [0.5, 0.6) is 0 Å². The first-order valence-corrected chi connectivity index (χ1v) is 11.1. The van der Waals surface area contributed by atoms with Crippen molar-refractivity contribution in [2.75, 3.05) is 39.3 Å². The number of piperazine rings is 1. The predicted octanol–water partition coefficient (Wildman–Crippen LogP) is 0.00210. The highest BCUT2D eigenvalue weighted by Crippen LogP contribution is 2.26. The zero-order chi connectivity index (χ0) is 18.9. The number of carbonyl (C=O) groups excluding carboxylic acids is 1. The average Bonchev–Trinajstić information content (AvgIpc) is 2.60. The van der Waals surface area contributed by atoms with Crippen LogP contribution in [-0.4, -0.2) is 85.4 Å². The van der Waals surface area contributed by atoms with Crippen LogP contribution in [0.25, 0.3) is 0 Å². The fourth-order valence-corrected chi connectivity index (χ4v) is 6.08. The van der Waals surface area contributed by atoms with Gasteiger partial charge >= 0.3 is 0 Å². The summed E-state index contributed by atoms with van der Waals surface area (Å²) in [5.41, 5.74) is 6.00. The minimum Gasteiger partial charge on any atom is -0.373 e. The summed E-state index contributed by atoms with van der Waals surface area (Å²) in [7, 11) is -3.50. The topological polar surface area (TPSA) is 96.2 Å². The lowest BCUT2D eigenvalue weighted by molar-refractivity contribution is -0.138. The summed E-state index contributed by atoms with van der Waals surface area (Å²) in [4.78, 5) is 14.5. The molecule has 0 bridgehead atoms. The first-order valence-electron chi connectivity index (χ1n) is 9.72. The van der Waals surface area contributed by atoms with Gasteiger partial charge in [-0.2, -0.15) is 17.0 Å². The van der Waals surface area contributed by atoms with Gasteiger partial charge < -0.3 is 15.4 Å². The van der Waals surface area contributed by atoms with Crippen molar-refractivity contribution in [1.29, 1.82) is 0 Å². The Hall–Kier alpha value is -0.740. The first kappa shape index (κ1) is 20.0. The lowest BCUT2D eigenvalue weighted by Crippen LogP contribution is -2.58. The molecule has 1 aliphatic carbocycles. The van der Waals surface area contributed by atoms with Gasteiger partial charge in [0.15, 0.2) is 0 Å². The molecule has 2 aliphatic heterocycles. The molecule has 0 aromatic carbocycles. The summed E-state index contributed by atoms with van der Waals surface area (Å²) >= 11 is 0. The van der Waals surface area contributed by atoms with Crippen LogP contribution in [0.1, 0.15) is 39.5 Å². The molecule has 3 aliphatic rings. The summed E-state index contributed by atoms with van der Waals surface area (Å²) < 4.78 is 34.5. The van der Waals surface area contributed by atoms with E-state index in [0.717, 1.165) is 25.7 Å². The normalized spacial score (nSPS) is 35.4. The molecule has 4 unspecified atom stereocenters. The van der Waals surface area contributed by atoms with Crippen molar-refractivity contribution in [2.24, 2.45) is 11.7 Å². The van der Waals surface area contributed by atoms with Crippen LogP contribution in [0.2, 0.25) is 0 Å². The molecule has 26 heavy (non-hydrogen) atoms. The summed E-state index contributed by atoms with van der Waals surface area (Å²) in [5.74, 6) is 0.147. The van der Waals surface area contributed by atoms with Gasteiger partial charge in [-0.1, -0.05) is 6.42 Å². The third-order valence-electron chi connectivity index (χ3n) is 5.65. The highest BCUT2D eigenvalue weighted by atomic mass is 32.2. The van der Waals surface area contributed by atoms with Crippen molar-refractivity contribution in [1.82, 2.24) is 13.5 Å². The molecule has 0 spiro atoms. The second-order valence-corrected chi connectivity index (χ2v) is 9.86. The van der Waals surface area contributed by atoms with Gasteiger partial charge in [-0.05, 0) is 33.1 Å². The predicted molar refractivity (Wildman–Crippen MR) is 98.6 cm³/mol. The lowest BCUT2D eigenvalue weighted by Gasteiger charge is -2.41. The molecule has 8 nitrogen and oxygen atoms in total. The van der Waals surface area contributed by atoms with E-state index in [1.165, 1.54) is 8.61 Å². The first-order chi connectivity index (χ1) is 12.3. The van der Waals surface area contributed by atoms with Crippen LogP contribution in [-0.2, 0) is 19.7 Å². The van der Waals surface area contributed by atoms with E-state index in [0.29, 0.717) is 39.3 Å². The number of hydrogen-bond donors (Lipinski definition) is 1. The molecule has 2 saturated heterocycles. The third kappa shape index (κ3) is 4.39. The smallest absolute Gasteiger partial charge is 0.282 e. The molecule has 1 amide bonds. The largest absolute Gasteiger partial charge is 0.373 e. The molecule has 0 aromatic heterocycles. The number of morpholine rings is 1. The number of nitrogens with zero attached hydrogens (tertiary/aromatic N) is 3. The molecule has 1 saturated carbocycles. The van der Waals surface area contributed by atoms with Gasteiger partial charge in [0.05, 0.1) is 12.2 Å². The Labute approximate surface area is 156 Å². The Bertz CT molecular complexity index is 596. The zero-order valence-corrected chi connectivity index (χ0v) is 16.7. The van der Waals surface area contributed by atoms with E-state index in [1.54, 1.807) is 0 Å². The van der Waals surface area contributed by atoms with E-state index in [-0.39, 0.29) is 30.1 Å². The number of rotatable bonds is 3.